The maximum Gasteiger partial charge on any atom is 0.244 e. The number of carbonyl (C=O) groups excluding carboxylic acids is 1. The number of amides is 1. The summed E-state index contributed by atoms with van der Waals surface area (Å²) < 4.78 is 25.0. The molecule has 0 saturated carbocycles. The first kappa shape index (κ1) is 19.6. The van der Waals surface area contributed by atoms with Crippen molar-refractivity contribution in [1.29, 1.82) is 0 Å². The first-order valence-corrected chi connectivity index (χ1v) is 11.0. The van der Waals surface area contributed by atoms with Crippen LogP contribution >= 0.6 is 11.6 Å². The van der Waals surface area contributed by atoms with Crippen LogP contribution in [-0.2, 0) is 14.6 Å². The van der Waals surface area contributed by atoms with Crippen LogP contribution in [0.2, 0.25) is 5.15 Å². The van der Waals surface area contributed by atoms with Crippen LogP contribution in [-0.4, -0.2) is 35.6 Å². The van der Waals surface area contributed by atoms with Gasteiger partial charge in [-0.25, -0.2) is 13.1 Å². The number of carbonyl (C=O) groups is 1. The van der Waals surface area contributed by atoms with Crippen LogP contribution in [0.5, 0.6) is 0 Å². The average molecular weight is 408 g/mol. The molecule has 8 heteroatoms. The van der Waals surface area contributed by atoms with Crippen molar-refractivity contribution in [3.63, 3.8) is 0 Å². The standard InChI is InChI=1S/C19H22ClN3O3S/c1-13(15-6-4-3-5-7-15)21-18(24)9-8-17-14(2)22-23(19(17)20)16-10-11-27(25,26)12-16/h3-9,13,16H,10-12H2,1-2H3,(H,21,24)/b9-8+/t13-,16+/m0/s1. The summed E-state index contributed by atoms with van der Waals surface area (Å²) in [4.78, 5) is 12.2. The molecule has 0 radical (unpaired) electrons. The number of hydrogen-bond acceptors (Lipinski definition) is 4. The second kappa shape index (κ2) is 7.86. The zero-order chi connectivity index (χ0) is 19.6. The van der Waals surface area contributed by atoms with Crippen LogP contribution in [0.15, 0.2) is 36.4 Å². The van der Waals surface area contributed by atoms with Gasteiger partial charge >= 0.3 is 0 Å². The molecule has 2 atom stereocenters. The molecular formula is C19H22ClN3O3S. The second-order valence-electron chi connectivity index (χ2n) is 6.77. The Labute approximate surface area is 164 Å². The average Bonchev–Trinajstić information content (AvgIpc) is 3.12. The van der Waals surface area contributed by atoms with Gasteiger partial charge in [0.05, 0.1) is 29.3 Å². The number of nitrogens with one attached hydrogen (secondary N) is 1. The van der Waals surface area contributed by atoms with Gasteiger partial charge in [0.15, 0.2) is 9.84 Å². The van der Waals surface area contributed by atoms with E-state index >= 15 is 0 Å². The molecule has 0 spiro atoms. The Morgan fingerprint density at radius 1 is 1.37 bits per heavy atom. The lowest BCUT2D eigenvalue weighted by molar-refractivity contribution is -0.117. The molecule has 144 valence electrons. The lowest BCUT2D eigenvalue weighted by Gasteiger charge is -2.12. The minimum Gasteiger partial charge on any atom is -0.346 e. The Morgan fingerprint density at radius 2 is 2.07 bits per heavy atom. The molecule has 27 heavy (non-hydrogen) atoms. The molecule has 1 N–H and O–H groups in total. The quantitative estimate of drug-likeness (QED) is 0.772. The van der Waals surface area contributed by atoms with Crippen LogP contribution in [0.1, 0.15) is 42.2 Å². The minimum atomic E-state index is -3.03. The third-order valence-electron chi connectivity index (χ3n) is 4.68. The maximum absolute atomic E-state index is 12.2. The van der Waals surface area contributed by atoms with Crippen LogP contribution in [0.25, 0.3) is 6.08 Å². The molecule has 0 unspecified atom stereocenters. The predicted octanol–water partition coefficient (Wildman–Crippen LogP) is 3.10. The van der Waals surface area contributed by atoms with Crippen molar-refractivity contribution in [2.75, 3.05) is 11.5 Å². The SMILES string of the molecule is Cc1nn([C@@H]2CCS(=O)(=O)C2)c(Cl)c1/C=C/C(=O)N[C@@H](C)c1ccccc1. The van der Waals surface area contributed by atoms with E-state index in [9.17, 15) is 13.2 Å². The third-order valence-corrected chi connectivity index (χ3v) is 6.81. The van der Waals surface area contributed by atoms with E-state index in [1.54, 1.807) is 17.7 Å². The molecular weight excluding hydrogens is 386 g/mol. The van der Waals surface area contributed by atoms with Gasteiger partial charge in [-0.3, -0.25) is 4.79 Å². The summed E-state index contributed by atoms with van der Waals surface area (Å²) in [5.41, 5.74) is 2.30. The van der Waals surface area contributed by atoms with Gasteiger partial charge in [-0.2, -0.15) is 5.10 Å². The molecule has 0 aliphatic carbocycles. The number of aryl methyl sites for hydroxylation is 1. The van der Waals surface area contributed by atoms with Gasteiger partial charge in [0.1, 0.15) is 5.15 Å². The largest absolute Gasteiger partial charge is 0.346 e. The molecule has 2 heterocycles. The molecule has 1 aliphatic heterocycles. The molecule has 1 aromatic carbocycles. The molecule has 1 amide bonds. The van der Waals surface area contributed by atoms with E-state index in [-0.39, 0.29) is 29.5 Å². The van der Waals surface area contributed by atoms with Gasteiger partial charge in [0.2, 0.25) is 5.91 Å². The van der Waals surface area contributed by atoms with E-state index in [4.69, 9.17) is 11.6 Å². The van der Waals surface area contributed by atoms with Crippen molar-refractivity contribution in [3.05, 3.63) is 58.4 Å². The number of rotatable bonds is 5. The van der Waals surface area contributed by atoms with Crippen molar-refractivity contribution in [2.24, 2.45) is 0 Å². The van der Waals surface area contributed by atoms with Crippen LogP contribution in [0.3, 0.4) is 0 Å². The topological polar surface area (TPSA) is 81.1 Å². The lowest BCUT2D eigenvalue weighted by atomic mass is 10.1. The fourth-order valence-corrected chi connectivity index (χ4v) is 5.24. The lowest BCUT2D eigenvalue weighted by Crippen LogP contribution is -2.24. The minimum absolute atomic E-state index is 0.0477. The molecule has 6 nitrogen and oxygen atoms in total. The van der Waals surface area contributed by atoms with Crippen molar-refractivity contribution in [3.8, 4) is 0 Å². The highest BCUT2D eigenvalue weighted by Crippen LogP contribution is 2.30. The zero-order valence-electron chi connectivity index (χ0n) is 15.2. The summed E-state index contributed by atoms with van der Waals surface area (Å²) in [7, 11) is -3.03. The Hall–Kier alpha value is -2.12. The Bertz CT molecular complexity index is 968. The van der Waals surface area contributed by atoms with Crippen LogP contribution in [0.4, 0.5) is 0 Å². The highest BCUT2D eigenvalue weighted by Gasteiger charge is 2.31. The fourth-order valence-electron chi connectivity index (χ4n) is 3.18. The summed E-state index contributed by atoms with van der Waals surface area (Å²) in [6.07, 6.45) is 3.55. The van der Waals surface area contributed by atoms with Crippen molar-refractivity contribution >= 4 is 33.4 Å². The van der Waals surface area contributed by atoms with E-state index in [1.165, 1.54) is 6.08 Å². The Balaban J connectivity index is 1.71. The zero-order valence-corrected chi connectivity index (χ0v) is 16.8. The Kier molecular flexibility index (Phi) is 5.72. The normalized spacial score (nSPS) is 20.0. The van der Waals surface area contributed by atoms with Gasteiger partial charge in [-0.05, 0) is 31.9 Å². The van der Waals surface area contributed by atoms with Crippen molar-refractivity contribution in [1.82, 2.24) is 15.1 Å². The number of nitrogens with zero attached hydrogens (tertiary/aromatic N) is 2. The van der Waals surface area contributed by atoms with Gasteiger partial charge in [-0.15, -0.1) is 0 Å². The van der Waals surface area contributed by atoms with Gasteiger partial charge in [0, 0.05) is 11.6 Å². The number of aromatic nitrogens is 2. The summed E-state index contributed by atoms with van der Waals surface area (Å²) >= 11 is 6.41. The van der Waals surface area contributed by atoms with E-state index in [1.807, 2.05) is 37.3 Å². The number of halogens is 1. The first-order valence-electron chi connectivity index (χ1n) is 8.75. The molecule has 3 rings (SSSR count). The van der Waals surface area contributed by atoms with E-state index in [0.29, 0.717) is 22.8 Å². The van der Waals surface area contributed by atoms with E-state index in [0.717, 1.165) is 5.56 Å². The summed E-state index contributed by atoms with van der Waals surface area (Å²) in [6.45, 7) is 3.70. The fraction of sp³-hybridized carbons (Fsp3) is 0.368. The molecule has 0 bridgehead atoms. The van der Waals surface area contributed by atoms with Gasteiger partial charge < -0.3 is 5.32 Å². The Morgan fingerprint density at radius 3 is 2.70 bits per heavy atom. The van der Waals surface area contributed by atoms with Crippen molar-refractivity contribution < 1.29 is 13.2 Å². The highest BCUT2D eigenvalue weighted by molar-refractivity contribution is 7.91. The van der Waals surface area contributed by atoms with Crippen LogP contribution < -0.4 is 5.32 Å². The van der Waals surface area contributed by atoms with Gasteiger partial charge in [0.25, 0.3) is 0 Å². The second-order valence-corrected chi connectivity index (χ2v) is 9.35. The van der Waals surface area contributed by atoms with E-state index in [2.05, 4.69) is 10.4 Å². The number of sulfone groups is 1. The molecule has 2 aromatic rings. The maximum atomic E-state index is 12.2. The van der Waals surface area contributed by atoms with Gasteiger partial charge in [-0.1, -0.05) is 41.9 Å². The van der Waals surface area contributed by atoms with E-state index < -0.39 is 9.84 Å². The highest BCUT2D eigenvalue weighted by atomic mass is 35.5. The van der Waals surface area contributed by atoms with Crippen molar-refractivity contribution in [2.45, 2.75) is 32.4 Å². The number of benzene rings is 1. The third kappa shape index (κ3) is 4.59. The number of hydrogen-bond donors (Lipinski definition) is 1. The predicted molar refractivity (Wildman–Crippen MR) is 106 cm³/mol. The molecule has 1 aliphatic rings. The summed E-state index contributed by atoms with van der Waals surface area (Å²) in [6, 6.07) is 9.31. The summed E-state index contributed by atoms with van der Waals surface area (Å²) in [5, 5.41) is 7.64. The molecule has 1 aromatic heterocycles. The monoisotopic (exact) mass is 407 g/mol. The summed E-state index contributed by atoms with van der Waals surface area (Å²) in [5.74, 6) is -0.0396. The van der Waals surface area contributed by atoms with Crippen LogP contribution in [0, 0.1) is 6.92 Å². The molecule has 1 fully saturated rings. The first-order chi connectivity index (χ1) is 12.8. The smallest absolute Gasteiger partial charge is 0.244 e. The molecule has 1 saturated heterocycles.